The Hall–Kier alpha value is -2.96. The number of carbonyl (C=O) groups is 1. The zero-order chi connectivity index (χ0) is 32.2. The summed E-state index contributed by atoms with van der Waals surface area (Å²) in [7, 11) is -4.12. The second-order valence-corrected chi connectivity index (χ2v) is 15.4. The molecule has 0 aliphatic heterocycles. The van der Waals surface area contributed by atoms with Crippen LogP contribution in [0, 0.1) is 23.5 Å². The number of nitrogens with zero attached hydrogens (tertiary/aromatic N) is 1. The standard InChI is InChI=1S/C32H35ClF2N2O6S/c1-31(2,3)27-6-4-5-25(37-27)28(38)29(39)32(41)18-8-9-19(32)15-21(14-18)44(42,43)26-13-17(7-11-22(26)33)30(40)36-20-10-12-23(34)24(35)16-20/h4-7,10-13,16,18-19,21,28-29,38-39,41H,8-9,14-15H2,1-3H3,(H,36,40)/t18-,19?,21-,28?,29?,32-/m0/s1. The van der Waals surface area contributed by atoms with E-state index >= 15 is 0 Å². The number of rotatable bonds is 7. The van der Waals surface area contributed by atoms with Gasteiger partial charge in [0.1, 0.15) is 12.2 Å². The summed E-state index contributed by atoms with van der Waals surface area (Å²) in [5.74, 6) is -4.24. The zero-order valence-corrected chi connectivity index (χ0v) is 26.0. The number of halogens is 3. The molecule has 8 nitrogen and oxygen atoms in total. The van der Waals surface area contributed by atoms with Gasteiger partial charge in [0.25, 0.3) is 5.91 Å². The van der Waals surface area contributed by atoms with Crippen molar-refractivity contribution in [2.45, 2.75) is 79.8 Å². The fourth-order valence-corrected chi connectivity index (χ4v) is 8.95. The van der Waals surface area contributed by atoms with E-state index in [1.54, 1.807) is 12.1 Å². The van der Waals surface area contributed by atoms with Crippen LogP contribution >= 0.6 is 11.6 Å². The van der Waals surface area contributed by atoms with E-state index in [1.807, 2.05) is 26.8 Å². The van der Waals surface area contributed by atoms with Crippen molar-refractivity contribution in [3.05, 3.63) is 88.2 Å². The van der Waals surface area contributed by atoms with Gasteiger partial charge in [-0.05, 0) is 80.0 Å². The van der Waals surface area contributed by atoms with Crippen LogP contribution in [-0.4, -0.2) is 51.6 Å². The molecule has 1 aromatic heterocycles. The fraction of sp³-hybridized carbons (Fsp3) is 0.438. The highest BCUT2D eigenvalue weighted by molar-refractivity contribution is 7.92. The topological polar surface area (TPSA) is 137 Å². The highest BCUT2D eigenvalue weighted by Gasteiger charge is 2.60. The molecule has 0 saturated heterocycles. The molecule has 1 amide bonds. The summed E-state index contributed by atoms with van der Waals surface area (Å²) in [5.41, 5.74) is -1.18. The lowest BCUT2D eigenvalue weighted by molar-refractivity contribution is -0.178. The predicted molar refractivity (Wildman–Crippen MR) is 161 cm³/mol. The first-order valence-corrected chi connectivity index (χ1v) is 16.3. The van der Waals surface area contributed by atoms with Gasteiger partial charge in [0, 0.05) is 28.4 Å². The Bertz CT molecular complexity index is 1680. The first kappa shape index (κ1) is 32.4. The van der Waals surface area contributed by atoms with Crippen molar-refractivity contribution < 1.29 is 37.3 Å². The molecule has 2 aliphatic rings. The number of aliphatic hydroxyl groups excluding tert-OH is 2. The van der Waals surface area contributed by atoms with Crippen LogP contribution in [-0.2, 0) is 15.3 Å². The summed E-state index contributed by atoms with van der Waals surface area (Å²) in [6, 6.07) is 11.7. The van der Waals surface area contributed by atoms with Gasteiger partial charge in [0.15, 0.2) is 21.5 Å². The van der Waals surface area contributed by atoms with Crippen molar-refractivity contribution in [2.24, 2.45) is 11.8 Å². The Morgan fingerprint density at radius 1 is 1.02 bits per heavy atom. The molecule has 3 aromatic rings. The molecule has 5 rings (SSSR count). The van der Waals surface area contributed by atoms with E-state index in [9.17, 15) is 37.3 Å². The molecule has 2 aromatic carbocycles. The summed E-state index contributed by atoms with van der Waals surface area (Å²) in [6.45, 7) is 5.91. The van der Waals surface area contributed by atoms with Gasteiger partial charge >= 0.3 is 0 Å². The number of sulfone groups is 1. The number of pyridine rings is 1. The number of hydrogen-bond donors (Lipinski definition) is 4. The molecule has 2 aliphatic carbocycles. The molecule has 1 heterocycles. The van der Waals surface area contributed by atoms with E-state index in [0.717, 1.165) is 18.2 Å². The molecule has 2 saturated carbocycles. The van der Waals surface area contributed by atoms with Crippen molar-refractivity contribution in [3.8, 4) is 0 Å². The highest BCUT2D eigenvalue weighted by Crippen LogP contribution is 2.55. The summed E-state index contributed by atoms with van der Waals surface area (Å²) in [6.07, 6.45) is -2.16. The number of aromatic nitrogens is 1. The Balaban J connectivity index is 1.36. The maximum absolute atomic E-state index is 13.9. The normalized spacial score (nSPS) is 25.0. The van der Waals surface area contributed by atoms with E-state index in [2.05, 4.69) is 10.3 Å². The predicted octanol–water partition coefficient (Wildman–Crippen LogP) is 5.35. The number of aliphatic hydroxyl groups is 3. The third-order valence-electron chi connectivity index (χ3n) is 9.00. The van der Waals surface area contributed by atoms with Gasteiger partial charge in [-0.3, -0.25) is 9.78 Å². The Morgan fingerprint density at radius 2 is 1.68 bits per heavy atom. The number of fused-ring (bicyclic) bond motifs is 2. The number of hydrogen-bond acceptors (Lipinski definition) is 7. The minimum Gasteiger partial charge on any atom is -0.387 e. The minimum absolute atomic E-state index is 0.0101. The van der Waals surface area contributed by atoms with E-state index < -0.39 is 62.3 Å². The Morgan fingerprint density at radius 3 is 2.30 bits per heavy atom. The molecule has 2 fully saturated rings. The molecule has 2 bridgehead atoms. The first-order chi connectivity index (χ1) is 20.5. The van der Waals surface area contributed by atoms with Crippen molar-refractivity contribution in [2.75, 3.05) is 5.32 Å². The van der Waals surface area contributed by atoms with Crippen molar-refractivity contribution in [1.82, 2.24) is 4.98 Å². The summed E-state index contributed by atoms with van der Waals surface area (Å²) in [4.78, 5) is 17.1. The Kier molecular flexibility index (Phi) is 8.67. The highest BCUT2D eigenvalue weighted by atomic mass is 35.5. The maximum atomic E-state index is 13.9. The molecule has 4 N–H and O–H groups in total. The third-order valence-corrected chi connectivity index (χ3v) is 11.7. The van der Waals surface area contributed by atoms with Crippen LogP contribution in [0.1, 0.15) is 74.3 Å². The number of carbonyl (C=O) groups excluding carboxylic acids is 1. The molecular weight excluding hydrogens is 614 g/mol. The largest absolute Gasteiger partial charge is 0.387 e. The molecule has 0 radical (unpaired) electrons. The van der Waals surface area contributed by atoms with Gasteiger partial charge in [0.2, 0.25) is 0 Å². The lowest BCUT2D eigenvalue weighted by atomic mass is 9.69. The van der Waals surface area contributed by atoms with Crippen LogP contribution in [0.4, 0.5) is 14.5 Å². The van der Waals surface area contributed by atoms with Crippen LogP contribution in [0.15, 0.2) is 59.5 Å². The lowest BCUT2D eigenvalue weighted by Gasteiger charge is -2.46. The van der Waals surface area contributed by atoms with Crippen molar-refractivity contribution in [3.63, 3.8) is 0 Å². The zero-order valence-electron chi connectivity index (χ0n) is 24.5. The summed E-state index contributed by atoms with van der Waals surface area (Å²) >= 11 is 6.32. The quantitative estimate of drug-likeness (QED) is 0.271. The third kappa shape index (κ3) is 5.88. The number of amides is 1. The van der Waals surface area contributed by atoms with E-state index in [4.69, 9.17) is 11.6 Å². The average Bonchev–Trinajstić information content (AvgIpc) is 3.13. The number of nitrogens with one attached hydrogen (secondary N) is 1. The van der Waals surface area contributed by atoms with Crippen LogP contribution in [0.25, 0.3) is 0 Å². The summed E-state index contributed by atoms with van der Waals surface area (Å²) in [5, 5.41) is 35.7. The Labute approximate surface area is 260 Å². The summed E-state index contributed by atoms with van der Waals surface area (Å²) < 4.78 is 54.7. The van der Waals surface area contributed by atoms with Crippen LogP contribution in [0.5, 0.6) is 0 Å². The van der Waals surface area contributed by atoms with Gasteiger partial charge in [-0.25, -0.2) is 17.2 Å². The molecular formula is C32H35ClF2N2O6S. The lowest BCUT2D eigenvalue weighted by Crippen LogP contribution is -2.57. The van der Waals surface area contributed by atoms with Gasteiger partial charge < -0.3 is 20.6 Å². The molecule has 12 heteroatoms. The van der Waals surface area contributed by atoms with Crippen LogP contribution in [0.3, 0.4) is 0 Å². The van der Waals surface area contributed by atoms with E-state index in [-0.39, 0.29) is 45.1 Å². The molecule has 6 atom stereocenters. The van der Waals surface area contributed by atoms with E-state index in [0.29, 0.717) is 18.5 Å². The average molecular weight is 649 g/mol. The van der Waals surface area contributed by atoms with Crippen LogP contribution < -0.4 is 5.32 Å². The fourth-order valence-electron chi connectivity index (χ4n) is 6.55. The number of anilines is 1. The van der Waals surface area contributed by atoms with Crippen molar-refractivity contribution >= 4 is 33.0 Å². The number of benzene rings is 2. The smallest absolute Gasteiger partial charge is 0.255 e. The molecule has 44 heavy (non-hydrogen) atoms. The molecule has 236 valence electrons. The van der Waals surface area contributed by atoms with Gasteiger partial charge in [-0.15, -0.1) is 0 Å². The van der Waals surface area contributed by atoms with Gasteiger partial charge in [-0.2, -0.15) is 0 Å². The monoisotopic (exact) mass is 648 g/mol. The van der Waals surface area contributed by atoms with E-state index in [1.165, 1.54) is 18.2 Å². The first-order valence-electron chi connectivity index (χ1n) is 14.4. The second-order valence-electron chi connectivity index (χ2n) is 12.8. The van der Waals surface area contributed by atoms with Gasteiger partial charge in [0.05, 0.1) is 26.5 Å². The molecule has 3 unspecified atom stereocenters. The van der Waals surface area contributed by atoms with Crippen LogP contribution in [0.2, 0.25) is 5.02 Å². The van der Waals surface area contributed by atoms with Gasteiger partial charge in [-0.1, -0.05) is 38.4 Å². The SMILES string of the molecule is CC(C)(C)c1cccc(C(O)C(O)[C@@]2(O)C3CC[C@H]2C[C@H](S(=O)(=O)c2cc(C(=O)Nc4ccc(F)c(F)c4)ccc2Cl)C3)n1. The minimum atomic E-state index is -4.12. The van der Waals surface area contributed by atoms with Crippen molar-refractivity contribution in [1.29, 1.82) is 0 Å². The maximum Gasteiger partial charge on any atom is 0.255 e. The molecule has 0 spiro atoms. The second kappa shape index (κ2) is 11.8.